The van der Waals surface area contributed by atoms with Crippen molar-refractivity contribution in [2.24, 2.45) is 10.7 Å². The molecule has 4 N–H and O–H groups in total. The van der Waals surface area contributed by atoms with Crippen molar-refractivity contribution in [1.29, 1.82) is 0 Å². The van der Waals surface area contributed by atoms with Gasteiger partial charge in [0.2, 0.25) is 0 Å². The van der Waals surface area contributed by atoms with E-state index in [1.165, 1.54) is 0 Å². The number of phenols is 1. The Morgan fingerprint density at radius 2 is 1.92 bits per heavy atom. The van der Waals surface area contributed by atoms with Crippen molar-refractivity contribution in [3.8, 4) is 17.2 Å². The van der Waals surface area contributed by atoms with Crippen LogP contribution < -0.4 is 20.5 Å². The van der Waals surface area contributed by atoms with Gasteiger partial charge in [0.15, 0.2) is 17.5 Å². The summed E-state index contributed by atoms with van der Waals surface area (Å²) in [5.74, 6) is 2.06. The summed E-state index contributed by atoms with van der Waals surface area (Å²) in [6.07, 6.45) is 1.58. The number of benzene rings is 2. The van der Waals surface area contributed by atoms with E-state index in [9.17, 15) is 5.11 Å². The monoisotopic (exact) mass is 455 g/mol. The Morgan fingerprint density at radius 1 is 1.12 bits per heavy atom. The summed E-state index contributed by atoms with van der Waals surface area (Å²) in [5.41, 5.74) is 7.74. The number of aromatic hydroxyl groups is 1. The molecule has 0 aliphatic carbocycles. The smallest absolute Gasteiger partial charge is 0.193 e. The van der Waals surface area contributed by atoms with Gasteiger partial charge >= 0.3 is 0 Å². The number of rotatable bonds is 4. The Kier molecular flexibility index (Phi) is 7.17. The Labute approximate surface area is 164 Å². The average Bonchev–Trinajstić information content (AvgIpc) is 2.80. The predicted octanol–water partition coefficient (Wildman–Crippen LogP) is 3.14. The number of ether oxygens (including phenoxy) is 2. The normalized spacial score (nSPS) is 13.5. The number of fused-ring (bicyclic) bond motifs is 1. The minimum atomic E-state index is 0. The number of nitrogens with two attached hydrogens (primary N) is 1. The van der Waals surface area contributed by atoms with Crippen molar-refractivity contribution in [1.82, 2.24) is 0 Å². The molecule has 0 saturated carbocycles. The molecule has 2 aromatic rings. The van der Waals surface area contributed by atoms with Gasteiger partial charge in [-0.2, -0.15) is 0 Å². The summed E-state index contributed by atoms with van der Waals surface area (Å²) in [4.78, 5) is 4.30. The maximum Gasteiger partial charge on any atom is 0.193 e. The molecule has 1 heterocycles. The lowest BCUT2D eigenvalue weighted by Crippen LogP contribution is -2.23. The molecule has 0 aromatic heterocycles. The molecule has 2 aromatic carbocycles. The Hall–Kier alpha value is -2.16. The van der Waals surface area contributed by atoms with Crippen molar-refractivity contribution in [2.75, 3.05) is 25.1 Å². The quantitative estimate of drug-likeness (QED) is 0.375. The first-order valence-corrected chi connectivity index (χ1v) is 7.95. The molecule has 0 bridgehead atoms. The molecule has 0 unspecified atom stereocenters. The van der Waals surface area contributed by atoms with Gasteiger partial charge in [-0.3, -0.25) is 4.99 Å². The van der Waals surface area contributed by atoms with Crippen LogP contribution in [0.3, 0.4) is 0 Å². The fraction of sp³-hybridized carbons (Fsp3) is 0.278. The van der Waals surface area contributed by atoms with Crippen LogP contribution in [0.4, 0.5) is 5.69 Å². The number of aliphatic imine (C=N–C) groups is 1. The number of halogens is 1. The summed E-state index contributed by atoms with van der Waals surface area (Å²) in [6, 6.07) is 12.7. The Balaban J connectivity index is 0.00000225. The third-order valence-corrected chi connectivity index (χ3v) is 3.61. The van der Waals surface area contributed by atoms with Crippen molar-refractivity contribution in [3.05, 3.63) is 48.0 Å². The minimum absolute atomic E-state index is 0. The molecule has 3 rings (SSSR count). The van der Waals surface area contributed by atoms with Gasteiger partial charge in [0.25, 0.3) is 0 Å². The van der Waals surface area contributed by atoms with Gasteiger partial charge in [-0.05, 0) is 36.2 Å². The highest BCUT2D eigenvalue weighted by atomic mass is 127. The number of hydrogen-bond acceptors (Lipinski definition) is 4. The molecule has 6 nitrogen and oxygen atoms in total. The maximum absolute atomic E-state index is 9.44. The SMILES string of the molecule is I.NC(=NCCc1cccc(O)c1)Nc1ccc2c(c1)OCCCO2. The lowest BCUT2D eigenvalue weighted by Gasteiger charge is -2.10. The first-order chi connectivity index (χ1) is 11.7. The molecular formula is C18H22IN3O3. The van der Waals surface area contributed by atoms with Crippen LogP contribution in [-0.4, -0.2) is 30.8 Å². The molecule has 0 amide bonds. The van der Waals surface area contributed by atoms with E-state index >= 15 is 0 Å². The van der Waals surface area contributed by atoms with E-state index in [0.29, 0.717) is 37.9 Å². The lowest BCUT2D eigenvalue weighted by molar-refractivity contribution is 0.297. The number of phenolic OH excluding ortho intramolecular Hbond substituents is 1. The fourth-order valence-electron chi connectivity index (χ4n) is 2.45. The number of nitrogens with zero attached hydrogens (tertiary/aromatic N) is 1. The van der Waals surface area contributed by atoms with Crippen molar-refractivity contribution >= 4 is 35.6 Å². The summed E-state index contributed by atoms with van der Waals surface area (Å²) in [5, 5.41) is 12.5. The zero-order valence-electron chi connectivity index (χ0n) is 13.8. The number of anilines is 1. The Bertz CT molecular complexity index is 737. The minimum Gasteiger partial charge on any atom is -0.508 e. The van der Waals surface area contributed by atoms with E-state index in [4.69, 9.17) is 15.2 Å². The molecular weight excluding hydrogens is 433 g/mol. The van der Waals surface area contributed by atoms with Gasteiger partial charge in [-0.25, -0.2) is 0 Å². The maximum atomic E-state index is 9.44. The average molecular weight is 455 g/mol. The van der Waals surface area contributed by atoms with Crippen LogP contribution in [0.2, 0.25) is 0 Å². The summed E-state index contributed by atoms with van der Waals surface area (Å²) < 4.78 is 11.2. The summed E-state index contributed by atoms with van der Waals surface area (Å²) >= 11 is 0. The Morgan fingerprint density at radius 3 is 2.72 bits per heavy atom. The number of hydrogen-bond donors (Lipinski definition) is 3. The van der Waals surface area contributed by atoms with Crippen LogP contribution >= 0.6 is 24.0 Å². The zero-order chi connectivity index (χ0) is 16.8. The summed E-state index contributed by atoms with van der Waals surface area (Å²) in [6.45, 7) is 1.84. The highest BCUT2D eigenvalue weighted by molar-refractivity contribution is 14.0. The van der Waals surface area contributed by atoms with Crippen LogP contribution in [-0.2, 0) is 6.42 Å². The molecule has 0 saturated heterocycles. The van der Waals surface area contributed by atoms with Gasteiger partial charge in [0.1, 0.15) is 5.75 Å². The first kappa shape index (κ1) is 19.2. The van der Waals surface area contributed by atoms with Gasteiger partial charge < -0.3 is 25.6 Å². The highest BCUT2D eigenvalue weighted by Crippen LogP contribution is 2.32. The van der Waals surface area contributed by atoms with Crippen molar-refractivity contribution in [3.63, 3.8) is 0 Å². The highest BCUT2D eigenvalue weighted by Gasteiger charge is 2.10. The third-order valence-electron chi connectivity index (χ3n) is 3.61. The summed E-state index contributed by atoms with van der Waals surface area (Å²) in [7, 11) is 0. The molecule has 1 aliphatic heterocycles. The second kappa shape index (κ2) is 9.36. The molecule has 134 valence electrons. The van der Waals surface area contributed by atoms with Gasteiger partial charge in [0.05, 0.1) is 13.2 Å². The molecule has 0 atom stereocenters. The largest absolute Gasteiger partial charge is 0.508 e. The predicted molar refractivity (Wildman–Crippen MR) is 109 cm³/mol. The van der Waals surface area contributed by atoms with E-state index in [2.05, 4.69) is 10.3 Å². The molecule has 0 spiro atoms. The van der Waals surface area contributed by atoms with E-state index in [1.54, 1.807) is 12.1 Å². The molecule has 25 heavy (non-hydrogen) atoms. The molecule has 0 radical (unpaired) electrons. The molecule has 7 heteroatoms. The second-order valence-corrected chi connectivity index (χ2v) is 5.52. The molecule has 1 aliphatic rings. The topological polar surface area (TPSA) is 89.1 Å². The first-order valence-electron chi connectivity index (χ1n) is 7.95. The fourth-order valence-corrected chi connectivity index (χ4v) is 2.45. The zero-order valence-corrected chi connectivity index (χ0v) is 16.1. The van der Waals surface area contributed by atoms with Crippen LogP contribution in [0.5, 0.6) is 17.2 Å². The van der Waals surface area contributed by atoms with Crippen molar-refractivity contribution < 1.29 is 14.6 Å². The van der Waals surface area contributed by atoms with Crippen LogP contribution in [0, 0.1) is 0 Å². The lowest BCUT2D eigenvalue weighted by atomic mass is 10.1. The number of guanidine groups is 1. The van der Waals surface area contributed by atoms with E-state index in [1.807, 2.05) is 30.3 Å². The van der Waals surface area contributed by atoms with Crippen LogP contribution in [0.25, 0.3) is 0 Å². The van der Waals surface area contributed by atoms with Gasteiger partial charge in [0, 0.05) is 24.7 Å². The van der Waals surface area contributed by atoms with Crippen molar-refractivity contribution in [2.45, 2.75) is 12.8 Å². The van der Waals surface area contributed by atoms with Crippen LogP contribution in [0.15, 0.2) is 47.5 Å². The van der Waals surface area contributed by atoms with Gasteiger partial charge in [-0.1, -0.05) is 12.1 Å². The second-order valence-electron chi connectivity index (χ2n) is 5.52. The molecule has 0 fully saturated rings. The van der Waals surface area contributed by atoms with Gasteiger partial charge in [-0.15, -0.1) is 24.0 Å². The van der Waals surface area contributed by atoms with E-state index in [0.717, 1.165) is 23.4 Å². The number of nitrogens with one attached hydrogen (secondary N) is 1. The van der Waals surface area contributed by atoms with Crippen LogP contribution in [0.1, 0.15) is 12.0 Å². The van der Waals surface area contributed by atoms with E-state index < -0.39 is 0 Å². The standard InChI is InChI=1S/C18H21N3O3.HI/c19-18(20-8-7-13-3-1-4-15(22)11-13)21-14-5-6-16-17(12-14)24-10-2-9-23-16;/h1,3-6,11-12,22H,2,7-10H2,(H3,19,20,21);1H. The van der Waals surface area contributed by atoms with E-state index in [-0.39, 0.29) is 29.7 Å². The third kappa shape index (κ3) is 5.70.